The topological polar surface area (TPSA) is 111 Å². The predicted molar refractivity (Wildman–Crippen MR) is 168 cm³/mol. The van der Waals surface area contributed by atoms with Crippen molar-refractivity contribution in [2.75, 3.05) is 24.9 Å². The van der Waals surface area contributed by atoms with Crippen molar-refractivity contribution in [3.05, 3.63) is 80.5 Å². The van der Waals surface area contributed by atoms with E-state index in [0.29, 0.717) is 44.0 Å². The maximum Gasteiger partial charge on any atom is 0.341 e. The largest absolute Gasteiger partial charge is 0.465 e. The average Bonchev–Trinajstić information content (AvgIpc) is 3.59. The summed E-state index contributed by atoms with van der Waals surface area (Å²) in [4.78, 5) is 50.4. The SMILES string of the molecule is COC(=O)c1c(-c2ccc(Cl)cc2)csc1NC(=O)CCCCC(=O)Nc1scc(-c2ccc(Cl)cc2)c1C(=O)OC. The van der Waals surface area contributed by atoms with Crippen LogP contribution in [-0.2, 0) is 19.1 Å². The van der Waals surface area contributed by atoms with E-state index in [1.165, 1.54) is 36.9 Å². The maximum absolute atomic E-state index is 12.7. The fourth-order valence-corrected chi connectivity index (χ4v) is 6.34. The number of ether oxygens (including phenoxy) is 2. The molecular weight excluding hydrogens is 619 g/mol. The highest BCUT2D eigenvalue weighted by Crippen LogP contribution is 2.38. The van der Waals surface area contributed by atoms with Gasteiger partial charge in [0.15, 0.2) is 0 Å². The van der Waals surface area contributed by atoms with Crippen LogP contribution >= 0.6 is 45.9 Å². The Kier molecular flexibility index (Phi) is 10.8. The number of anilines is 2. The van der Waals surface area contributed by atoms with E-state index < -0.39 is 11.9 Å². The van der Waals surface area contributed by atoms with Crippen molar-refractivity contribution < 1.29 is 28.7 Å². The summed E-state index contributed by atoms with van der Waals surface area (Å²) in [5, 5.41) is 11.1. The number of rotatable bonds is 11. The van der Waals surface area contributed by atoms with Gasteiger partial charge in [-0.3, -0.25) is 9.59 Å². The van der Waals surface area contributed by atoms with Gasteiger partial charge in [-0.1, -0.05) is 47.5 Å². The minimum Gasteiger partial charge on any atom is -0.465 e. The smallest absolute Gasteiger partial charge is 0.341 e. The molecule has 0 radical (unpaired) electrons. The second-order valence-corrected chi connectivity index (χ2v) is 11.6. The number of esters is 2. The zero-order chi connectivity index (χ0) is 30.2. The monoisotopic (exact) mass is 644 g/mol. The van der Waals surface area contributed by atoms with E-state index in [0.717, 1.165) is 11.1 Å². The van der Waals surface area contributed by atoms with Crippen molar-refractivity contribution >= 4 is 79.6 Å². The molecule has 4 rings (SSSR count). The van der Waals surface area contributed by atoms with Crippen LogP contribution in [0.15, 0.2) is 59.3 Å². The lowest BCUT2D eigenvalue weighted by Crippen LogP contribution is -2.15. The van der Waals surface area contributed by atoms with Crippen LogP contribution in [0, 0.1) is 0 Å². The number of halogens is 2. The molecule has 0 fully saturated rings. The minimum atomic E-state index is -0.563. The van der Waals surface area contributed by atoms with Gasteiger partial charge < -0.3 is 20.1 Å². The van der Waals surface area contributed by atoms with E-state index in [9.17, 15) is 19.2 Å². The summed E-state index contributed by atoms with van der Waals surface area (Å²) in [7, 11) is 2.57. The van der Waals surface area contributed by atoms with E-state index in [1.807, 2.05) is 0 Å². The van der Waals surface area contributed by atoms with Crippen LogP contribution in [0.1, 0.15) is 46.4 Å². The normalized spacial score (nSPS) is 10.7. The Morgan fingerprint density at radius 2 is 1.00 bits per heavy atom. The Balaban J connectivity index is 1.33. The highest BCUT2D eigenvalue weighted by molar-refractivity contribution is 7.15. The maximum atomic E-state index is 12.7. The minimum absolute atomic E-state index is 0.148. The Bertz CT molecular complexity index is 1480. The lowest BCUT2D eigenvalue weighted by molar-refractivity contribution is -0.118. The zero-order valence-electron chi connectivity index (χ0n) is 22.6. The molecule has 218 valence electrons. The summed E-state index contributed by atoms with van der Waals surface area (Å²) in [6, 6.07) is 14.0. The van der Waals surface area contributed by atoms with Crippen LogP contribution in [0.3, 0.4) is 0 Å². The van der Waals surface area contributed by atoms with Crippen molar-refractivity contribution in [2.45, 2.75) is 25.7 Å². The summed E-state index contributed by atoms with van der Waals surface area (Å²) >= 11 is 14.4. The van der Waals surface area contributed by atoms with Crippen molar-refractivity contribution in [1.29, 1.82) is 0 Å². The van der Waals surface area contributed by atoms with Crippen molar-refractivity contribution in [1.82, 2.24) is 0 Å². The Morgan fingerprint density at radius 3 is 1.33 bits per heavy atom. The van der Waals surface area contributed by atoms with Crippen LogP contribution < -0.4 is 10.6 Å². The van der Waals surface area contributed by atoms with Crippen LogP contribution in [0.5, 0.6) is 0 Å². The second-order valence-electron chi connectivity index (χ2n) is 9.01. The summed E-state index contributed by atoms with van der Waals surface area (Å²) in [6.45, 7) is 0. The van der Waals surface area contributed by atoms with Gasteiger partial charge in [-0.15, -0.1) is 22.7 Å². The van der Waals surface area contributed by atoms with Crippen molar-refractivity contribution in [3.8, 4) is 22.3 Å². The number of unbranched alkanes of at least 4 members (excludes halogenated alkanes) is 1. The number of hydrogen-bond acceptors (Lipinski definition) is 8. The molecule has 12 heteroatoms. The summed E-state index contributed by atoms with van der Waals surface area (Å²) in [5.41, 5.74) is 3.35. The van der Waals surface area contributed by atoms with Gasteiger partial charge >= 0.3 is 11.9 Å². The molecule has 2 N–H and O–H groups in total. The van der Waals surface area contributed by atoms with Gasteiger partial charge in [-0.05, 0) is 48.2 Å². The number of methoxy groups -OCH3 is 2. The third kappa shape index (κ3) is 7.57. The zero-order valence-corrected chi connectivity index (χ0v) is 25.8. The molecule has 2 heterocycles. The Morgan fingerprint density at radius 1 is 0.643 bits per heavy atom. The summed E-state index contributed by atoms with van der Waals surface area (Å²) in [5.74, 6) is -1.70. The van der Waals surface area contributed by atoms with Gasteiger partial charge in [0.1, 0.15) is 21.1 Å². The Labute approximate surface area is 260 Å². The average molecular weight is 646 g/mol. The van der Waals surface area contributed by atoms with Gasteiger partial charge in [0.05, 0.1) is 14.2 Å². The second kappa shape index (κ2) is 14.5. The third-order valence-electron chi connectivity index (χ3n) is 6.24. The molecule has 0 aliphatic heterocycles. The number of carbonyl (C=O) groups excluding carboxylic acids is 4. The first kappa shape index (κ1) is 31.2. The molecule has 2 aromatic carbocycles. The van der Waals surface area contributed by atoms with Gasteiger partial charge in [0.2, 0.25) is 11.8 Å². The number of nitrogens with one attached hydrogen (secondary N) is 2. The van der Waals surface area contributed by atoms with E-state index in [2.05, 4.69) is 10.6 Å². The van der Waals surface area contributed by atoms with Gasteiger partial charge in [-0.2, -0.15) is 0 Å². The van der Waals surface area contributed by atoms with Gasteiger partial charge in [-0.25, -0.2) is 9.59 Å². The molecular formula is C30H26Cl2N2O6S2. The number of thiophene rings is 2. The van der Waals surface area contributed by atoms with Gasteiger partial charge in [0.25, 0.3) is 0 Å². The lowest BCUT2D eigenvalue weighted by Gasteiger charge is -2.09. The first-order valence-corrected chi connectivity index (χ1v) is 15.2. The highest BCUT2D eigenvalue weighted by Gasteiger charge is 2.24. The van der Waals surface area contributed by atoms with Crippen LogP contribution in [0.4, 0.5) is 10.0 Å². The highest BCUT2D eigenvalue weighted by atomic mass is 35.5. The molecule has 0 unspecified atom stereocenters. The van der Waals surface area contributed by atoms with Crippen molar-refractivity contribution in [3.63, 3.8) is 0 Å². The lowest BCUT2D eigenvalue weighted by atomic mass is 10.0. The van der Waals surface area contributed by atoms with Gasteiger partial charge in [0, 0.05) is 44.8 Å². The van der Waals surface area contributed by atoms with E-state index in [4.69, 9.17) is 32.7 Å². The van der Waals surface area contributed by atoms with E-state index in [-0.39, 0.29) is 35.8 Å². The summed E-state index contributed by atoms with van der Waals surface area (Å²) in [6.07, 6.45) is 1.17. The predicted octanol–water partition coefficient (Wildman–Crippen LogP) is 8.16. The number of benzene rings is 2. The molecule has 0 saturated heterocycles. The number of amides is 2. The molecule has 4 aromatic rings. The molecule has 0 aliphatic carbocycles. The fourth-order valence-electron chi connectivity index (χ4n) is 4.14. The molecule has 0 atom stereocenters. The van der Waals surface area contributed by atoms with Crippen LogP contribution in [-0.4, -0.2) is 38.0 Å². The molecule has 8 nitrogen and oxygen atoms in total. The third-order valence-corrected chi connectivity index (χ3v) is 8.53. The van der Waals surface area contributed by atoms with Crippen LogP contribution in [0.25, 0.3) is 22.3 Å². The molecule has 0 aliphatic rings. The quantitative estimate of drug-likeness (QED) is 0.126. The van der Waals surface area contributed by atoms with E-state index >= 15 is 0 Å². The Hall–Kier alpha value is -3.70. The molecule has 0 saturated carbocycles. The van der Waals surface area contributed by atoms with Crippen LogP contribution in [0.2, 0.25) is 10.0 Å². The first-order valence-electron chi connectivity index (χ1n) is 12.7. The standard InChI is InChI=1S/C30H26Cl2N2O6S2/c1-39-29(37)25-21(17-7-11-19(31)12-8-17)15-41-27(25)33-23(35)5-3-4-6-24(36)34-28-26(30(38)40-2)22(16-42-28)18-9-13-20(32)14-10-18/h7-16H,3-6H2,1-2H3,(H,33,35)(H,34,36). The fraction of sp³-hybridized carbons (Fsp3) is 0.200. The van der Waals surface area contributed by atoms with Crippen molar-refractivity contribution in [2.24, 2.45) is 0 Å². The molecule has 2 aromatic heterocycles. The number of carbonyl (C=O) groups is 4. The molecule has 2 amide bonds. The number of hydrogen-bond donors (Lipinski definition) is 2. The van der Waals surface area contributed by atoms with E-state index in [1.54, 1.807) is 59.3 Å². The molecule has 0 bridgehead atoms. The summed E-state index contributed by atoms with van der Waals surface area (Å²) < 4.78 is 9.90. The molecule has 42 heavy (non-hydrogen) atoms. The molecule has 0 spiro atoms. The first-order chi connectivity index (χ1) is 20.2.